The minimum atomic E-state index is -0.359. The average molecular weight is 248 g/mol. The van der Waals surface area contributed by atoms with E-state index in [1.165, 1.54) is 6.33 Å². The van der Waals surface area contributed by atoms with Gasteiger partial charge in [-0.2, -0.15) is 0 Å². The minimum absolute atomic E-state index is 0.0977. The van der Waals surface area contributed by atoms with Crippen LogP contribution in [-0.2, 0) is 11.3 Å². The van der Waals surface area contributed by atoms with Crippen molar-refractivity contribution in [3.8, 4) is 0 Å². The van der Waals surface area contributed by atoms with Crippen molar-refractivity contribution < 1.29 is 4.79 Å². The third-order valence-electron chi connectivity index (χ3n) is 3.43. The van der Waals surface area contributed by atoms with Crippen molar-refractivity contribution in [1.29, 1.82) is 0 Å². The van der Waals surface area contributed by atoms with E-state index in [1.807, 2.05) is 6.07 Å². The number of nitrogens with one attached hydrogen (secondary N) is 2. The topological polar surface area (TPSA) is 66.9 Å². The molecule has 0 spiro atoms. The fraction of sp³-hybridized carbons (Fsp3) is 0.615. The molecule has 5 heteroatoms. The van der Waals surface area contributed by atoms with Crippen LogP contribution in [0.25, 0.3) is 0 Å². The number of aromatic nitrogens is 2. The summed E-state index contributed by atoms with van der Waals surface area (Å²) in [4.78, 5) is 20.3. The van der Waals surface area contributed by atoms with Gasteiger partial charge in [-0.1, -0.05) is 13.3 Å². The Balaban J connectivity index is 1.94. The average Bonchev–Trinajstić information content (AvgIpc) is 2.87. The first-order valence-corrected chi connectivity index (χ1v) is 6.55. The molecule has 2 heterocycles. The lowest BCUT2D eigenvalue weighted by Crippen LogP contribution is -2.53. The lowest BCUT2D eigenvalue weighted by molar-refractivity contribution is -0.127. The molecule has 1 aliphatic heterocycles. The van der Waals surface area contributed by atoms with Gasteiger partial charge < -0.3 is 10.6 Å². The third kappa shape index (κ3) is 2.85. The predicted octanol–water partition coefficient (Wildman–Crippen LogP) is 1.02. The number of nitrogens with zero attached hydrogens (tertiary/aromatic N) is 2. The Kier molecular flexibility index (Phi) is 4.25. The first kappa shape index (κ1) is 13.0. The van der Waals surface area contributed by atoms with E-state index in [4.69, 9.17) is 0 Å². The molecule has 1 aliphatic rings. The molecule has 1 amide bonds. The summed E-state index contributed by atoms with van der Waals surface area (Å²) in [5, 5.41) is 6.34. The monoisotopic (exact) mass is 248 g/mol. The molecule has 0 radical (unpaired) electrons. The molecule has 1 unspecified atom stereocenters. The summed E-state index contributed by atoms with van der Waals surface area (Å²) in [5.41, 5.74) is 0.477. The van der Waals surface area contributed by atoms with Crippen LogP contribution in [0.5, 0.6) is 0 Å². The molecule has 1 saturated heterocycles. The van der Waals surface area contributed by atoms with E-state index in [1.54, 1.807) is 6.20 Å². The quantitative estimate of drug-likeness (QED) is 0.816. The molecule has 98 valence electrons. The standard InChI is InChI=1S/C13H20N4O/c1-2-5-13(6-3-7-17-13)12(18)15-9-11-4-8-14-10-16-11/h4,8,10,17H,2-3,5-7,9H2,1H3,(H,15,18). The SMILES string of the molecule is CCCC1(C(=O)NCc2ccncn2)CCCN1. The van der Waals surface area contributed by atoms with Crippen molar-refractivity contribution in [2.75, 3.05) is 6.54 Å². The zero-order valence-electron chi connectivity index (χ0n) is 10.8. The molecule has 0 aromatic carbocycles. The minimum Gasteiger partial charge on any atom is -0.349 e. The van der Waals surface area contributed by atoms with Gasteiger partial charge in [-0.15, -0.1) is 0 Å². The first-order valence-electron chi connectivity index (χ1n) is 6.55. The maximum absolute atomic E-state index is 12.3. The van der Waals surface area contributed by atoms with E-state index < -0.39 is 0 Å². The molecule has 1 fully saturated rings. The van der Waals surface area contributed by atoms with Gasteiger partial charge in [0.2, 0.25) is 5.91 Å². The Bertz CT molecular complexity index is 387. The van der Waals surface area contributed by atoms with Gasteiger partial charge in [0.1, 0.15) is 6.33 Å². The maximum Gasteiger partial charge on any atom is 0.240 e. The second kappa shape index (κ2) is 5.91. The highest BCUT2D eigenvalue weighted by Gasteiger charge is 2.39. The van der Waals surface area contributed by atoms with Gasteiger partial charge in [-0.05, 0) is 31.9 Å². The summed E-state index contributed by atoms with van der Waals surface area (Å²) in [6, 6.07) is 1.81. The van der Waals surface area contributed by atoms with Crippen LogP contribution in [0.3, 0.4) is 0 Å². The number of amides is 1. The van der Waals surface area contributed by atoms with Gasteiger partial charge >= 0.3 is 0 Å². The van der Waals surface area contributed by atoms with Gasteiger partial charge in [-0.3, -0.25) is 4.79 Å². The Hall–Kier alpha value is -1.49. The molecule has 2 N–H and O–H groups in total. The lowest BCUT2D eigenvalue weighted by atomic mass is 9.91. The van der Waals surface area contributed by atoms with Crippen molar-refractivity contribution in [2.45, 2.75) is 44.7 Å². The van der Waals surface area contributed by atoms with Crippen LogP contribution in [0.15, 0.2) is 18.6 Å². The predicted molar refractivity (Wildman–Crippen MR) is 68.8 cm³/mol. The van der Waals surface area contributed by atoms with E-state index in [9.17, 15) is 4.79 Å². The zero-order valence-corrected chi connectivity index (χ0v) is 10.8. The van der Waals surface area contributed by atoms with Crippen LogP contribution in [0.2, 0.25) is 0 Å². The van der Waals surface area contributed by atoms with Crippen LogP contribution in [0, 0.1) is 0 Å². The van der Waals surface area contributed by atoms with Crippen molar-refractivity contribution in [1.82, 2.24) is 20.6 Å². The Morgan fingerprint density at radius 1 is 1.61 bits per heavy atom. The highest BCUT2D eigenvalue weighted by molar-refractivity contribution is 5.86. The van der Waals surface area contributed by atoms with Crippen LogP contribution >= 0.6 is 0 Å². The highest BCUT2D eigenvalue weighted by Crippen LogP contribution is 2.24. The second-order valence-electron chi connectivity index (χ2n) is 4.75. The van der Waals surface area contributed by atoms with Crippen molar-refractivity contribution >= 4 is 5.91 Å². The number of carbonyl (C=O) groups is 1. The molecule has 0 saturated carbocycles. The summed E-state index contributed by atoms with van der Waals surface area (Å²) in [6.45, 7) is 3.51. The van der Waals surface area contributed by atoms with E-state index >= 15 is 0 Å². The Morgan fingerprint density at radius 2 is 2.50 bits per heavy atom. The van der Waals surface area contributed by atoms with Crippen LogP contribution in [-0.4, -0.2) is 28.0 Å². The molecular formula is C13H20N4O. The molecule has 18 heavy (non-hydrogen) atoms. The fourth-order valence-corrected chi connectivity index (χ4v) is 2.52. The lowest BCUT2D eigenvalue weighted by Gasteiger charge is -2.27. The summed E-state index contributed by atoms with van der Waals surface area (Å²) in [5.74, 6) is 0.0977. The Morgan fingerprint density at radius 3 is 3.11 bits per heavy atom. The summed E-state index contributed by atoms with van der Waals surface area (Å²) >= 11 is 0. The normalized spacial score (nSPS) is 22.9. The summed E-state index contributed by atoms with van der Waals surface area (Å²) < 4.78 is 0. The van der Waals surface area contributed by atoms with Gasteiger partial charge in [0, 0.05) is 6.20 Å². The Labute approximate surface area is 107 Å². The molecule has 0 bridgehead atoms. The molecule has 0 aliphatic carbocycles. The molecular weight excluding hydrogens is 228 g/mol. The fourth-order valence-electron chi connectivity index (χ4n) is 2.52. The second-order valence-corrected chi connectivity index (χ2v) is 4.75. The van der Waals surface area contributed by atoms with E-state index in [0.717, 1.165) is 37.9 Å². The largest absolute Gasteiger partial charge is 0.349 e. The smallest absolute Gasteiger partial charge is 0.240 e. The van der Waals surface area contributed by atoms with Crippen LogP contribution in [0.4, 0.5) is 0 Å². The number of hydrogen-bond acceptors (Lipinski definition) is 4. The highest BCUT2D eigenvalue weighted by atomic mass is 16.2. The van der Waals surface area contributed by atoms with Gasteiger partial charge in [0.15, 0.2) is 0 Å². The molecule has 2 rings (SSSR count). The zero-order chi connectivity index (χ0) is 12.8. The van der Waals surface area contributed by atoms with E-state index in [-0.39, 0.29) is 11.4 Å². The molecule has 1 aromatic heterocycles. The number of hydrogen-bond donors (Lipinski definition) is 2. The van der Waals surface area contributed by atoms with Crippen molar-refractivity contribution in [3.63, 3.8) is 0 Å². The molecule has 1 aromatic rings. The summed E-state index contributed by atoms with van der Waals surface area (Å²) in [6.07, 6.45) is 7.08. The van der Waals surface area contributed by atoms with Crippen LogP contribution in [0.1, 0.15) is 38.3 Å². The molecule has 1 atom stereocenters. The van der Waals surface area contributed by atoms with Crippen LogP contribution < -0.4 is 10.6 Å². The van der Waals surface area contributed by atoms with Gasteiger partial charge in [-0.25, -0.2) is 9.97 Å². The van der Waals surface area contributed by atoms with Gasteiger partial charge in [0.05, 0.1) is 17.8 Å². The van der Waals surface area contributed by atoms with E-state index in [2.05, 4.69) is 27.5 Å². The van der Waals surface area contributed by atoms with Crippen molar-refractivity contribution in [3.05, 3.63) is 24.3 Å². The number of carbonyl (C=O) groups excluding carboxylic acids is 1. The number of rotatable bonds is 5. The van der Waals surface area contributed by atoms with E-state index in [0.29, 0.717) is 6.54 Å². The third-order valence-corrected chi connectivity index (χ3v) is 3.43. The molecule has 5 nitrogen and oxygen atoms in total. The van der Waals surface area contributed by atoms with Crippen molar-refractivity contribution in [2.24, 2.45) is 0 Å². The maximum atomic E-state index is 12.3. The van der Waals surface area contributed by atoms with Gasteiger partial charge in [0.25, 0.3) is 0 Å². The first-order chi connectivity index (χ1) is 8.77. The summed E-state index contributed by atoms with van der Waals surface area (Å²) in [7, 11) is 0.